The Morgan fingerprint density at radius 1 is 1.13 bits per heavy atom. The number of hydrogen-bond donors (Lipinski definition) is 0. The minimum Gasteiger partial charge on any atom is -0.343 e. The SMILES string of the molecule is CN(C(=O)[C@H]1C[C@]2(C1)C(=O)N(c1ccc(C#N)cc1F)CC(=O)N2Cc1ccc(C(F)(F)F)cc1)C1CC1. The average Bonchev–Trinajstić information content (AvgIpc) is 3.70. The molecule has 0 radical (unpaired) electrons. The monoisotopic (exact) mass is 528 g/mol. The molecule has 3 fully saturated rings. The van der Waals surface area contributed by atoms with E-state index in [9.17, 15) is 31.9 Å². The summed E-state index contributed by atoms with van der Waals surface area (Å²) in [6, 6.07) is 9.89. The molecule has 7 nitrogen and oxygen atoms in total. The van der Waals surface area contributed by atoms with E-state index < -0.39 is 47.4 Å². The van der Waals surface area contributed by atoms with Gasteiger partial charge in [-0.3, -0.25) is 19.3 Å². The highest BCUT2D eigenvalue weighted by molar-refractivity contribution is 6.10. The van der Waals surface area contributed by atoms with Gasteiger partial charge >= 0.3 is 6.18 Å². The predicted molar refractivity (Wildman–Crippen MR) is 127 cm³/mol. The topological polar surface area (TPSA) is 84.7 Å². The third-order valence-corrected chi connectivity index (χ3v) is 7.70. The number of nitrogens with zero attached hydrogens (tertiary/aromatic N) is 4. The Labute approximate surface area is 216 Å². The van der Waals surface area contributed by atoms with E-state index >= 15 is 0 Å². The highest BCUT2D eigenvalue weighted by Crippen LogP contribution is 2.49. The molecule has 2 aliphatic carbocycles. The van der Waals surface area contributed by atoms with Crippen molar-refractivity contribution in [3.63, 3.8) is 0 Å². The highest BCUT2D eigenvalue weighted by Gasteiger charge is 2.62. The van der Waals surface area contributed by atoms with Gasteiger partial charge in [-0.1, -0.05) is 12.1 Å². The van der Waals surface area contributed by atoms with Gasteiger partial charge in [0.2, 0.25) is 11.8 Å². The standard InChI is InChI=1S/C27H24F4N4O3/c1-33(20-7-8-20)24(37)18-11-26(12-18)25(38)34(22-9-4-17(13-32)10-21(22)28)15-23(36)35(26)14-16-2-5-19(6-3-16)27(29,30)31/h2-6,9-10,18,20H,7-8,11-12,14-15H2,1H3/t18-,26-. The number of nitriles is 1. The van der Waals surface area contributed by atoms with E-state index in [4.69, 9.17) is 5.26 Å². The lowest BCUT2D eigenvalue weighted by molar-refractivity contribution is -0.167. The summed E-state index contributed by atoms with van der Waals surface area (Å²) in [6.07, 6.45) is -2.64. The summed E-state index contributed by atoms with van der Waals surface area (Å²) in [7, 11) is 1.71. The van der Waals surface area contributed by atoms with Crippen LogP contribution in [-0.4, -0.2) is 52.7 Å². The van der Waals surface area contributed by atoms with Gasteiger partial charge < -0.3 is 9.80 Å². The van der Waals surface area contributed by atoms with Gasteiger partial charge in [0.15, 0.2) is 0 Å². The predicted octanol–water partition coefficient (Wildman–Crippen LogP) is 3.86. The molecule has 0 aromatic heterocycles. The van der Waals surface area contributed by atoms with Crippen LogP contribution >= 0.6 is 0 Å². The zero-order chi connectivity index (χ0) is 27.4. The Morgan fingerprint density at radius 2 is 1.79 bits per heavy atom. The number of carbonyl (C=O) groups excluding carboxylic acids is 3. The average molecular weight is 529 g/mol. The maximum absolute atomic E-state index is 14.9. The van der Waals surface area contributed by atoms with Crippen molar-refractivity contribution in [2.45, 2.75) is 50.0 Å². The number of hydrogen-bond acceptors (Lipinski definition) is 4. The zero-order valence-corrected chi connectivity index (χ0v) is 20.5. The first-order chi connectivity index (χ1) is 17.9. The minimum atomic E-state index is -4.52. The van der Waals surface area contributed by atoms with E-state index in [0.717, 1.165) is 35.9 Å². The molecule has 0 N–H and O–H groups in total. The van der Waals surface area contributed by atoms with Crippen LogP contribution in [-0.2, 0) is 27.1 Å². The van der Waals surface area contributed by atoms with Gasteiger partial charge in [0.1, 0.15) is 17.9 Å². The Balaban J connectivity index is 1.46. The van der Waals surface area contributed by atoms with Crippen molar-refractivity contribution in [3.05, 3.63) is 65.0 Å². The van der Waals surface area contributed by atoms with E-state index in [2.05, 4.69) is 0 Å². The number of halogens is 4. The van der Waals surface area contributed by atoms with Crippen LogP contribution in [0.25, 0.3) is 0 Å². The van der Waals surface area contributed by atoms with Crippen LogP contribution < -0.4 is 4.90 Å². The van der Waals surface area contributed by atoms with Gasteiger partial charge in [-0.2, -0.15) is 18.4 Å². The van der Waals surface area contributed by atoms with E-state index in [1.165, 1.54) is 29.2 Å². The summed E-state index contributed by atoms with van der Waals surface area (Å²) in [6.45, 7) is -0.615. The largest absolute Gasteiger partial charge is 0.416 e. The van der Waals surface area contributed by atoms with Gasteiger partial charge in [-0.15, -0.1) is 0 Å². The number of benzene rings is 2. The molecular weight excluding hydrogens is 504 g/mol. The molecule has 38 heavy (non-hydrogen) atoms. The molecule has 3 aliphatic rings. The summed E-state index contributed by atoms with van der Waals surface area (Å²) in [5.41, 5.74) is -1.99. The molecule has 0 unspecified atom stereocenters. The number of anilines is 1. The van der Waals surface area contributed by atoms with Crippen LogP contribution in [0.2, 0.25) is 0 Å². The molecule has 1 spiro atoms. The van der Waals surface area contributed by atoms with Crippen LogP contribution in [0.4, 0.5) is 23.2 Å². The van der Waals surface area contributed by atoms with Crippen LogP contribution in [0.1, 0.15) is 42.4 Å². The number of piperazine rings is 1. The first kappa shape index (κ1) is 25.7. The molecule has 0 atom stereocenters. The van der Waals surface area contributed by atoms with Crippen molar-refractivity contribution in [1.29, 1.82) is 5.26 Å². The highest BCUT2D eigenvalue weighted by atomic mass is 19.4. The fourth-order valence-corrected chi connectivity index (χ4v) is 5.36. The Bertz CT molecular complexity index is 1340. The molecule has 1 saturated heterocycles. The van der Waals surface area contributed by atoms with Crippen LogP contribution in [0.15, 0.2) is 42.5 Å². The Kier molecular flexibility index (Phi) is 6.16. The van der Waals surface area contributed by atoms with E-state index in [1.54, 1.807) is 11.9 Å². The quantitative estimate of drug-likeness (QED) is 0.552. The van der Waals surface area contributed by atoms with E-state index in [1.807, 2.05) is 6.07 Å². The smallest absolute Gasteiger partial charge is 0.343 e. The lowest BCUT2D eigenvalue weighted by Gasteiger charge is -2.56. The van der Waals surface area contributed by atoms with Gasteiger partial charge in [-0.05, 0) is 61.6 Å². The minimum absolute atomic E-state index is 0.0303. The first-order valence-corrected chi connectivity index (χ1v) is 12.2. The molecule has 1 heterocycles. The first-order valence-electron chi connectivity index (χ1n) is 12.2. The van der Waals surface area contributed by atoms with Gasteiger partial charge in [-0.25, -0.2) is 4.39 Å². The summed E-state index contributed by atoms with van der Waals surface area (Å²) < 4.78 is 53.9. The van der Waals surface area contributed by atoms with Crippen molar-refractivity contribution >= 4 is 23.4 Å². The summed E-state index contributed by atoms with van der Waals surface area (Å²) in [5, 5.41) is 9.04. The molecule has 11 heteroatoms. The van der Waals surface area contributed by atoms with Crippen molar-refractivity contribution < 1.29 is 31.9 Å². The molecule has 2 aromatic rings. The molecule has 2 saturated carbocycles. The van der Waals surface area contributed by atoms with Crippen molar-refractivity contribution in [1.82, 2.24) is 9.80 Å². The van der Waals surface area contributed by atoms with Crippen molar-refractivity contribution in [2.24, 2.45) is 5.92 Å². The number of carbonyl (C=O) groups is 3. The third-order valence-electron chi connectivity index (χ3n) is 7.70. The van der Waals surface area contributed by atoms with Crippen LogP contribution in [0.5, 0.6) is 0 Å². The Hall–Kier alpha value is -3.94. The maximum Gasteiger partial charge on any atom is 0.416 e. The fraction of sp³-hybridized carbons (Fsp3) is 0.407. The summed E-state index contributed by atoms with van der Waals surface area (Å²) in [5.74, 6) is -2.56. The summed E-state index contributed by atoms with van der Waals surface area (Å²) in [4.78, 5) is 44.3. The lowest BCUT2D eigenvalue weighted by atomic mass is 9.64. The molecule has 0 bridgehead atoms. The van der Waals surface area contributed by atoms with Crippen LogP contribution in [0.3, 0.4) is 0 Å². The fourth-order valence-electron chi connectivity index (χ4n) is 5.36. The zero-order valence-electron chi connectivity index (χ0n) is 20.5. The van der Waals surface area contributed by atoms with E-state index in [0.29, 0.717) is 5.56 Å². The molecular formula is C27H24F4N4O3. The maximum atomic E-state index is 14.9. The van der Waals surface area contributed by atoms with Crippen molar-refractivity contribution in [3.8, 4) is 6.07 Å². The van der Waals surface area contributed by atoms with Gasteiger partial charge in [0.05, 0.1) is 22.9 Å². The molecule has 3 amide bonds. The lowest BCUT2D eigenvalue weighted by Crippen LogP contribution is -2.73. The van der Waals surface area contributed by atoms with Gasteiger partial charge in [0.25, 0.3) is 5.91 Å². The second-order valence-corrected chi connectivity index (χ2v) is 10.2. The second-order valence-electron chi connectivity index (χ2n) is 10.2. The normalized spacial score (nSPS) is 23.3. The number of alkyl halides is 3. The second kappa shape index (κ2) is 9.11. The molecule has 5 rings (SSSR count). The van der Waals surface area contributed by atoms with Crippen molar-refractivity contribution in [2.75, 3.05) is 18.5 Å². The molecule has 1 aliphatic heterocycles. The Morgan fingerprint density at radius 3 is 2.34 bits per heavy atom. The number of amides is 3. The number of rotatable bonds is 5. The molecule has 198 valence electrons. The van der Waals surface area contributed by atoms with E-state index in [-0.39, 0.29) is 42.6 Å². The third kappa shape index (κ3) is 4.38. The summed E-state index contributed by atoms with van der Waals surface area (Å²) >= 11 is 0. The molecule has 2 aromatic carbocycles. The van der Waals surface area contributed by atoms with Crippen LogP contribution in [0, 0.1) is 23.1 Å². The van der Waals surface area contributed by atoms with Gasteiger partial charge in [0, 0.05) is 25.6 Å².